The second kappa shape index (κ2) is 10.4. The Hall–Kier alpha value is -2.95. The fraction of sp³-hybridized carbons (Fsp3) is 0.0952. The van der Waals surface area contributed by atoms with E-state index in [1.165, 1.54) is 54.8 Å². The molecule has 1 aromatic heterocycles. The number of hydrogen-bond donors (Lipinski definition) is 2. The molecule has 162 valence electrons. The summed E-state index contributed by atoms with van der Waals surface area (Å²) in [6.07, 6.45) is 4.28. The van der Waals surface area contributed by atoms with Crippen molar-refractivity contribution >= 4 is 39.5 Å². The molecule has 0 aliphatic rings. The highest BCUT2D eigenvalue weighted by Crippen LogP contribution is 2.26. The van der Waals surface area contributed by atoms with E-state index < -0.39 is 21.7 Å². The Morgan fingerprint density at radius 3 is 2.39 bits per heavy atom. The van der Waals surface area contributed by atoms with Crippen LogP contribution in [-0.2, 0) is 21.4 Å². The number of furan rings is 1. The standard InChI is InChI=1S/C21H18F2N2O4S2/c22-21(23)30-18-8-6-16(7-9-18)25-20(26)12-5-15-3-10-19(11-4-15)31(27,28)24-14-17-2-1-13-29-17/h1-13,21,24H,14H2,(H,25,26)/b12-5+. The molecule has 0 aliphatic carbocycles. The minimum Gasteiger partial charge on any atom is -0.468 e. The molecule has 0 radical (unpaired) electrons. The van der Waals surface area contributed by atoms with Crippen LogP contribution in [0.15, 0.2) is 87.2 Å². The molecule has 0 saturated carbocycles. The first-order chi connectivity index (χ1) is 14.8. The molecule has 3 rings (SSSR count). The number of hydrogen-bond acceptors (Lipinski definition) is 5. The number of carbonyl (C=O) groups is 1. The van der Waals surface area contributed by atoms with Gasteiger partial charge in [0.15, 0.2) is 0 Å². The Labute approximate surface area is 182 Å². The lowest BCUT2D eigenvalue weighted by Gasteiger charge is -2.06. The van der Waals surface area contributed by atoms with E-state index in [-0.39, 0.29) is 11.4 Å². The van der Waals surface area contributed by atoms with Gasteiger partial charge in [-0.25, -0.2) is 13.1 Å². The van der Waals surface area contributed by atoms with Gasteiger partial charge in [0.2, 0.25) is 15.9 Å². The third kappa shape index (κ3) is 7.06. The van der Waals surface area contributed by atoms with Gasteiger partial charge in [-0.3, -0.25) is 4.79 Å². The molecule has 1 amide bonds. The van der Waals surface area contributed by atoms with E-state index in [1.807, 2.05) is 0 Å². The average molecular weight is 465 g/mol. The van der Waals surface area contributed by atoms with Crippen LogP contribution in [0.25, 0.3) is 6.08 Å². The first kappa shape index (κ1) is 22.7. The number of carbonyl (C=O) groups excluding carboxylic acids is 1. The van der Waals surface area contributed by atoms with Crippen molar-refractivity contribution in [3.63, 3.8) is 0 Å². The molecule has 0 fully saturated rings. The maximum atomic E-state index is 12.3. The van der Waals surface area contributed by atoms with Gasteiger partial charge < -0.3 is 9.73 Å². The zero-order chi connectivity index (χ0) is 22.3. The number of benzene rings is 2. The van der Waals surface area contributed by atoms with Crippen LogP contribution in [0.3, 0.4) is 0 Å². The number of halogens is 2. The summed E-state index contributed by atoms with van der Waals surface area (Å²) in [6.45, 7) is 0.0406. The molecule has 6 nitrogen and oxygen atoms in total. The Kier molecular flexibility index (Phi) is 7.61. The molecular formula is C21H18F2N2O4S2. The van der Waals surface area contributed by atoms with Crippen molar-refractivity contribution in [2.75, 3.05) is 5.32 Å². The molecule has 31 heavy (non-hydrogen) atoms. The second-order valence-electron chi connectivity index (χ2n) is 6.20. The summed E-state index contributed by atoms with van der Waals surface area (Å²) in [5.41, 5.74) is 1.10. The molecule has 2 N–H and O–H groups in total. The summed E-state index contributed by atoms with van der Waals surface area (Å²) < 4.78 is 56.8. The molecular weight excluding hydrogens is 446 g/mol. The zero-order valence-corrected chi connectivity index (χ0v) is 17.6. The monoisotopic (exact) mass is 464 g/mol. The predicted molar refractivity (Wildman–Crippen MR) is 115 cm³/mol. The topological polar surface area (TPSA) is 88.4 Å². The average Bonchev–Trinajstić information content (AvgIpc) is 3.26. The van der Waals surface area contributed by atoms with Crippen LogP contribution < -0.4 is 10.0 Å². The Morgan fingerprint density at radius 1 is 1.06 bits per heavy atom. The van der Waals surface area contributed by atoms with Crippen LogP contribution in [-0.4, -0.2) is 20.1 Å². The second-order valence-corrected chi connectivity index (χ2v) is 9.03. The van der Waals surface area contributed by atoms with E-state index in [0.717, 1.165) is 0 Å². The number of alkyl halides is 2. The van der Waals surface area contributed by atoms with Gasteiger partial charge in [0, 0.05) is 16.7 Å². The van der Waals surface area contributed by atoms with Gasteiger partial charge in [-0.1, -0.05) is 23.9 Å². The van der Waals surface area contributed by atoms with Crippen molar-refractivity contribution in [1.82, 2.24) is 4.72 Å². The van der Waals surface area contributed by atoms with Gasteiger partial charge >= 0.3 is 0 Å². The molecule has 0 saturated heterocycles. The predicted octanol–water partition coefficient (Wildman–Crippen LogP) is 4.72. The van der Waals surface area contributed by atoms with Crippen LogP contribution in [0.4, 0.5) is 14.5 Å². The van der Waals surface area contributed by atoms with E-state index in [1.54, 1.807) is 24.3 Å². The van der Waals surface area contributed by atoms with Gasteiger partial charge in [0.05, 0.1) is 17.7 Å². The number of nitrogens with one attached hydrogen (secondary N) is 2. The fourth-order valence-electron chi connectivity index (χ4n) is 2.50. The van der Waals surface area contributed by atoms with Crippen LogP contribution in [0.2, 0.25) is 0 Å². The maximum absolute atomic E-state index is 12.3. The molecule has 2 aromatic carbocycles. The third-order valence-electron chi connectivity index (χ3n) is 3.98. The van der Waals surface area contributed by atoms with Crippen molar-refractivity contribution in [2.45, 2.75) is 22.1 Å². The summed E-state index contributed by atoms with van der Waals surface area (Å²) in [5.74, 6) is -2.42. The zero-order valence-electron chi connectivity index (χ0n) is 16.0. The quantitative estimate of drug-likeness (QED) is 0.353. The lowest BCUT2D eigenvalue weighted by molar-refractivity contribution is -0.111. The number of thioether (sulfide) groups is 1. The molecule has 1 heterocycles. The number of amides is 1. The minimum absolute atomic E-state index is 0.0406. The molecule has 0 spiro atoms. The normalized spacial score (nSPS) is 11.8. The van der Waals surface area contributed by atoms with Crippen LogP contribution in [0, 0.1) is 0 Å². The SMILES string of the molecule is O=C(/C=C/c1ccc(S(=O)(=O)NCc2ccco2)cc1)Nc1ccc(SC(F)F)cc1. The van der Waals surface area contributed by atoms with E-state index >= 15 is 0 Å². The number of anilines is 1. The highest BCUT2D eigenvalue weighted by molar-refractivity contribution is 7.99. The van der Waals surface area contributed by atoms with Crippen molar-refractivity contribution in [3.05, 3.63) is 84.3 Å². The molecule has 0 atom stereocenters. The van der Waals surface area contributed by atoms with Crippen molar-refractivity contribution in [2.24, 2.45) is 0 Å². The highest BCUT2D eigenvalue weighted by atomic mass is 32.2. The first-order valence-corrected chi connectivity index (χ1v) is 11.3. The van der Waals surface area contributed by atoms with E-state index in [2.05, 4.69) is 10.0 Å². The van der Waals surface area contributed by atoms with Gasteiger partial charge in [0.25, 0.3) is 5.76 Å². The molecule has 3 aromatic rings. The third-order valence-corrected chi connectivity index (χ3v) is 6.12. The lowest BCUT2D eigenvalue weighted by atomic mass is 10.2. The summed E-state index contributed by atoms with van der Waals surface area (Å²) in [5, 5.41) is 2.62. The van der Waals surface area contributed by atoms with Gasteiger partial charge in [-0.2, -0.15) is 8.78 Å². The Balaban J connectivity index is 1.55. The van der Waals surface area contributed by atoms with Crippen molar-refractivity contribution in [3.8, 4) is 0 Å². The van der Waals surface area contributed by atoms with Crippen LogP contribution in [0.1, 0.15) is 11.3 Å². The highest BCUT2D eigenvalue weighted by Gasteiger charge is 2.14. The van der Waals surface area contributed by atoms with Crippen LogP contribution >= 0.6 is 11.8 Å². The molecule has 0 bridgehead atoms. The van der Waals surface area contributed by atoms with E-state index in [4.69, 9.17) is 4.42 Å². The summed E-state index contributed by atoms with van der Waals surface area (Å²) in [7, 11) is -3.70. The summed E-state index contributed by atoms with van der Waals surface area (Å²) >= 11 is 0.427. The Bertz CT molecular complexity index is 1130. The van der Waals surface area contributed by atoms with Gasteiger partial charge in [-0.15, -0.1) is 0 Å². The summed E-state index contributed by atoms with van der Waals surface area (Å²) in [6, 6.07) is 15.4. The van der Waals surface area contributed by atoms with E-state index in [0.29, 0.717) is 33.7 Å². The van der Waals surface area contributed by atoms with Crippen molar-refractivity contribution in [1.29, 1.82) is 0 Å². The Morgan fingerprint density at radius 2 is 1.77 bits per heavy atom. The minimum atomic E-state index is -3.70. The fourth-order valence-corrected chi connectivity index (χ4v) is 3.99. The smallest absolute Gasteiger partial charge is 0.288 e. The van der Waals surface area contributed by atoms with Crippen molar-refractivity contribution < 1.29 is 26.4 Å². The van der Waals surface area contributed by atoms with E-state index in [9.17, 15) is 22.0 Å². The molecule has 0 unspecified atom stereocenters. The number of sulfonamides is 1. The lowest BCUT2D eigenvalue weighted by Crippen LogP contribution is -2.22. The number of rotatable bonds is 9. The largest absolute Gasteiger partial charge is 0.468 e. The van der Waals surface area contributed by atoms with Gasteiger partial charge in [-0.05, 0) is 60.2 Å². The first-order valence-electron chi connectivity index (χ1n) is 8.98. The molecule has 0 aliphatic heterocycles. The maximum Gasteiger partial charge on any atom is 0.288 e. The summed E-state index contributed by atoms with van der Waals surface area (Å²) in [4.78, 5) is 12.5. The van der Waals surface area contributed by atoms with Crippen LogP contribution in [0.5, 0.6) is 0 Å². The van der Waals surface area contributed by atoms with Gasteiger partial charge in [0.1, 0.15) is 5.76 Å². The molecule has 10 heteroatoms.